The fraction of sp³-hybridized carbons (Fsp3) is 0.0612. The van der Waals surface area contributed by atoms with Crippen LogP contribution < -0.4 is 4.90 Å². The van der Waals surface area contributed by atoms with Gasteiger partial charge in [-0.05, 0) is 108 Å². The van der Waals surface area contributed by atoms with Gasteiger partial charge in [-0.3, -0.25) is 0 Å². The van der Waals surface area contributed by atoms with E-state index >= 15 is 0 Å². The molecule has 0 amide bonds. The van der Waals surface area contributed by atoms with E-state index in [1.54, 1.807) is 0 Å². The Labute approximate surface area is 306 Å². The summed E-state index contributed by atoms with van der Waals surface area (Å²) in [7, 11) is 0. The summed E-state index contributed by atoms with van der Waals surface area (Å²) < 4.78 is 5.05. The molecule has 1 aliphatic carbocycles. The summed E-state index contributed by atoms with van der Waals surface area (Å²) in [6.45, 7) is 2.42. The molecule has 11 rings (SSSR count). The van der Waals surface area contributed by atoms with E-state index in [1.165, 1.54) is 92.6 Å². The molecule has 0 saturated carbocycles. The number of nitrogens with zero attached hydrogens (tertiary/aromatic N) is 2. The summed E-state index contributed by atoms with van der Waals surface area (Å²) in [5, 5.41) is 5.20. The Morgan fingerprint density at radius 3 is 2.15 bits per heavy atom. The molecule has 2 nitrogen and oxygen atoms in total. The molecule has 0 spiro atoms. The molecule has 0 N–H and O–H groups in total. The van der Waals surface area contributed by atoms with Crippen molar-refractivity contribution < 1.29 is 0 Å². The third kappa shape index (κ3) is 4.23. The molecule has 0 saturated heterocycles. The molecule has 7 aromatic carbocycles. The van der Waals surface area contributed by atoms with Crippen molar-refractivity contribution in [3.8, 4) is 27.9 Å². The van der Waals surface area contributed by atoms with Crippen molar-refractivity contribution in [2.75, 3.05) is 4.90 Å². The zero-order valence-corrected chi connectivity index (χ0v) is 29.6. The van der Waals surface area contributed by atoms with Crippen molar-refractivity contribution in [1.29, 1.82) is 0 Å². The third-order valence-corrected chi connectivity index (χ3v) is 12.6. The van der Waals surface area contributed by atoms with Gasteiger partial charge in [0.1, 0.15) is 0 Å². The molecular formula is C49H34N2S. The maximum atomic E-state index is 2.53. The predicted octanol–water partition coefficient (Wildman–Crippen LogP) is 13.7. The summed E-state index contributed by atoms with van der Waals surface area (Å²) >= 11 is 1.87. The van der Waals surface area contributed by atoms with Gasteiger partial charge in [-0.1, -0.05) is 103 Å². The van der Waals surface area contributed by atoms with E-state index in [1.807, 2.05) is 11.3 Å². The fourth-order valence-corrected chi connectivity index (χ4v) is 9.96. The standard InChI is InChI=1S/C49H34N2S/c1-49-28-12-11-21-48(49)51(42-18-8-5-15-36(42)34-24-27-47-40(30-34)38-17-7-10-20-46(38)52-47)45-26-23-33(31-41(45)49)32-22-25-44-39(29-32)37-16-6-9-19-43(37)50(44)35-13-3-2-4-14-35/h2-27,29-31H,28H2,1H3. The number of allylic oxidation sites excluding steroid dienone is 4. The van der Waals surface area contributed by atoms with Gasteiger partial charge in [-0.2, -0.15) is 0 Å². The van der Waals surface area contributed by atoms with Crippen LogP contribution in [-0.2, 0) is 5.41 Å². The molecule has 3 heterocycles. The number of anilines is 2. The second kappa shape index (κ2) is 11.2. The summed E-state index contributed by atoms with van der Waals surface area (Å²) in [5.41, 5.74) is 13.7. The molecule has 2 aliphatic rings. The van der Waals surface area contributed by atoms with Gasteiger partial charge in [0.2, 0.25) is 0 Å². The van der Waals surface area contributed by atoms with Crippen LogP contribution in [0.25, 0.3) is 69.9 Å². The largest absolute Gasteiger partial charge is 0.312 e. The zero-order chi connectivity index (χ0) is 34.4. The van der Waals surface area contributed by atoms with Crippen LogP contribution in [-0.4, -0.2) is 4.57 Å². The number of para-hydroxylation sites is 3. The quantitative estimate of drug-likeness (QED) is 0.179. The van der Waals surface area contributed by atoms with Crippen LogP contribution in [0.3, 0.4) is 0 Å². The average molecular weight is 683 g/mol. The average Bonchev–Trinajstić information content (AvgIpc) is 3.83. The van der Waals surface area contributed by atoms with Crippen molar-refractivity contribution in [3.63, 3.8) is 0 Å². The van der Waals surface area contributed by atoms with Crippen LogP contribution in [0.2, 0.25) is 0 Å². The lowest BCUT2D eigenvalue weighted by Crippen LogP contribution is -2.27. The second-order valence-electron chi connectivity index (χ2n) is 14.3. The number of thiophene rings is 1. The van der Waals surface area contributed by atoms with Gasteiger partial charge in [0, 0.05) is 53.3 Å². The normalized spacial score (nSPS) is 16.6. The van der Waals surface area contributed by atoms with Gasteiger partial charge < -0.3 is 9.47 Å². The van der Waals surface area contributed by atoms with Crippen LogP contribution in [0, 0.1) is 0 Å². The molecule has 9 aromatic rings. The lowest BCUT2D eigenvalue weighted by atomic mass is 9.76. The number of benzene rings is 7. The van der Waals surface area contributed by atoms with Crippen LogP contribution in [0.4, 0.5) is 11.4 Å². The minimum atomic E-state index is -0.145. The monoisotopic (exact) mass is 682 g/mol. The first-order chi connectivity index (χ1) is 25.7. The molecule has 52 heavy (non-hydrogen) atoms. The maximum Gasteiger partial charge on any atom is 0.0541 e. The van der Waals surface area contributed by atoms with E-state index in [-0.39, 0.29) is 5.41 Å². The molecular weight excluding hydrogens is 649 g/mol. The molecule has 3 heteroatoms. The van der Waals surface area contributed by atoms with E-state index < -0.39 is 0 Å². The van der Waals surface area contributed by atoms with E-state index in [9.17, 15) is 0 Å². The van der Waals surface area contributed by atoms with Gasteiger partial charge in [0.05, 0.1) is 22.4 Å². The Balaban J connectivity index is 1.06. The molecule has 0 bridgehead atoms. The molecule has 246 valence electrons. The SMILES string of the molecule is CC12CC=CC=C1N(c1ccccc1-c1ccc3sc4ccccc4c3c1)c1ccc(-c3ccc4c(c3)c3ccccc3n4-c3ccccc3)cc12. The van der Waals surface area contributed by atoms with Crippen molar-refractivity contribution in [1.82, 2.24) is 4.57 Å². The van der Waals surface area contributed by atoms with Crippen LogP contribution >= 0.6 is 11.3 Å². The lowest BCUT2D eigenvalue weighted by Gasteiger charge is -2.32. The van der Waals surface area contributed by atoms with E-state index in [4.69, 9.17) is 0 Å². The van der Waals surface area contributed by atoms with Crippen LogP contribution in [0.15, 0.2) is 182 Å². The second-order valence-corrected chi connectivity index (χ2v) is 15.4. The summed E-state index contributed by atoms with van der Waals surface area (Å²) in [5.74, 6) is 0. The molecule has 2 aromatic heterocycles. The van der Waals surface area contributed by atoms with Crippen LogP contribution in [0.5, 0.6) is 0 Å². The molecule has 1 atom stereocenters. The number of hydrogen-bond acceptors (Lipinski definition) is 2. The Kier molecular flexibility index (Phi) is 6.35. The van der Waals surface area contributed by atoms with Gasteiger partial charge in [-0.25, -0.2) is 0 Å². The molecule has 1 unspecified atom stereocenters. The van der Waals surface area contributed by atoms with Crippen molar-refractivity contribution in [2.45, 2.75) is 18.8 Å². The minimum absolute atomic E-state index is 0.145. The summed E-state index contributed by atoms with van der Waals surface area (Å²) in [4.78, 5) is 2.53. The van der Waals surface area contributed by atoms with Crippen molar-refractivity contribution >= 4 is 64.7 Å². The first-order valence-corrected chi connectivity index (χ1v) is 18.9. The Hall–Kier alpha value is -6.16. The number of aromatic nitrogens is 1. The summed E-state index contributed by atoms with van der Waals surface area (Å²) in [6.07, 6.45) is 7.86. The number of rotatable bonds is 4. The Morgan fingerprint density at radius 2 is 1.23 bits per heavy atom. The lowest BCUT2D eigenvalue weighted by molar-refractivity contribution is 0.577. The van der Waals surface area contributed by atoms with Gasteiger partial charge in [0.15, 0.2) is 0 Å². The highest BCUT2D eigenvalue weighted by Crippen LogP contribution is 2.56. The highest BCUT2D eigenvalue weighted by atomic mass is 32.1. The third-order valence-electron chi connectivity index (χ3n) is 11.4. The predicted molar refractivity (Wildman–Crippen MR) is 222 cm³/mol. The van der Waals surface area contributed by atoms with E-state index in [0.717, 1.165) is 6.42 Å². The van der Waals surface area contributed by atoms with Crippen LogP contribution in [0.1, 0.15) is 18.9 Å². The highest BCUT2D eigenvalue weighted by molar-refractivity contribution is 7.25. The first-order valence-electron chi connectivity index (χ1n) is 18.1. The number of hydrogen-bond donors (Lipinski definition) is 0. The number of fused-ring (bicyclic) bond motifs is 9. The maximum absolute atomic E-state index is 2.53. The minimum Gasteiger partial charge on any atom is -0.312 e. The van der Waals surface area contributed by atoms with Crippen molar-refractivity contribution in [2.24, 2.45) is 0 Å². The Morgan fingerprint density at radius 1 is 0.538 bits per heavy atom. The van der Waals surface area contributed by atoms with Gasteiger partial charge >= 0.3 is 0 Å². The zero-order valence-electron chi connectivity index (χ0n) is 28.8. The molecule has 0 fully saturated rings. The molecule has 1 aliphatic heterocycles. The Bertz CT molecular complexity index is 2960. The summed E-state index contributed by atoms with van der Waals surface area (Å²) in [6, 6.07) is 58.3. The highest BCUT2D eigenvalue weighted by Gasteiger charge is 2.45. The van der Waals surface area contributed by atoms with Gasteiger partial charge in [-0.15, -0.1) is 11.3 Å². The smallest absolute Gasteiger partial charge is 0.0541 e. The van der Waals surface area contributed by atoms with E-state index in [2.05, 4.69) is 192 Å². The van der Waals surface area contributed by atoms with E-state index in [0.29, 0.717) is 0 Å². The topological polar surface area (TPSA) is 8.17 Å². The van der Waals surface area contributed by atoms with Crippen molar-refractivity contribution in [3.05, 3.63) is 187 Å². The first kappa shape index (κ1) is 29.6. The van der Waals surface area contributed by atoms with Gasteiger partial charge in [0.25, 0.3) is 0 Å². The molecule has 0 radical (unpaired) electrons. The fourth-order valence-electron chi connectivity index (χ4n) is 8.88.